The number of nitrogens with zero attached hydrogens (tertiary/aromatic N) is 3. The lowest BCUT2D eigenvalue weighted by Crippen LogP contribution is -2.32. The number of amides is 1. The van der Waals surface area contributed by atoms with Gasteiger partial charge in [-0.3, -0.25) is 4.79 Å². The van der Waals surface area contributed by atoms with Gasteiger partial charge in [-0.15, -0.1) is 11.6 Å². The van der Waals surface area contributed by atoms with Crippen molar-refractivity contribution in [2.75, 3.05) is 19.0 Å². The molecule has 0 unspecified atom stereocenters. The number of alkyl halides is 1. The van der Waals surface area contributed by atoms with E-state index in [1.165, 1.54) is 0 Å². The second-order valence-electron chi connectivity index (χ2n) is 3.00. The van der Waals surface area contributed by atoms with E-state index in [1.807, 2.05) is 14.0 Å². The number of carbonyl (C=O) groups excluding carboxylic acids is 1. The van der Waals surface area contributed by atoms with Crippen molar-refractivity contribution in [3.8, 4) is 0 Å². The van der Waals surface area contributed by atoms with Crippen LogP contribution in [0.15, 0.2) is 12.5 Å². The molecule has 78 valence electrons. The number of aromatic nitrogens is 2. The Bertz CT molecular complexity index is 311. The predicted molar refractivity (Wildman–Crippen MR) is 55.5 cm³/mol. The summed E-state index contributed by atoms with van der Waals surface area (Å²) in [5.41, 5.74) is 0.472. The zero-order chi connectivity index (χ0) is 10.6. The van der Waals surface area contributed by atoms with E-state index >= 15 is 0 Å². The third-order valence-electron chi connectivity index (χ3n) is 1.95. The van der Waals surface area contributed by atoms with Gasteiger partial charge in [-0.1, -0.05) is 0 Å². The van der Waals surface area contributed by atoms with Gasteiger partial charge < -0.3 is 9.47 Å². The summed E-state index contributed by atoms with van der Waals surface area (Å²) in [5.74, 6) is 0.389. The third kappa shape index (κ3) is 2.48. The lowest BCUT2D eigenvalue weighted by Gasteiger charge is -2.17. The summed E-state index contributed by atoms with van der Waals surface area (Å²) in [6.45, 7) is 3.14. The Morgan fingerprint density at radius 1 is 1.71 bits per heavy atom. The average molecular weight is 216 g/mol. The first-order valence-corrected chi connectivity index (χ1v) is 5.05. The minimum atomic E-state index is -0.0613. The van der Waals surface area contributed by atoms with Crippen molar-refractivity contribution >= 4 is 17.5 Å². The number of imidazole rings is 1. The molecule has 0 radical (unpaired) electrons. The van der Waals surface area contributed by atoms with Gasteiger partial charge >= 0.3 is 0 Å². The molecule has 0 aliphatic carbocycles. The molecule has 0 aromatic carbocycles. The molecule has 0 spiro atoms. The number of halogens is 1. The van der Waals surface area contributed by atoms with Gasteiger partial charge in [0.1, 0.15) is 5.69 Å². The van der Waals surface area contributed by atoms with Gasteiger partial charge in [-0.2, -0.15) is 0 Å². The van der Waals surface area contributed by atoms with Crippen LogP contribution in [-0.4, -0.2) is 39.3 Å². The first-order chi connectivity index (χ1) is 6.69. The summed E-state index contributed by atoms with van der Waals surface area (Å²) in [6.07, 6.45) is 3.32. The number of hydrogen-bond donors (Lipinski definition) is 0. The smallest absolute Gasteiger partial charge is 0.274 e. The molecule has 1 heterocycles. The molecule has 1 aromatic heterocycles. The van der Waals surface area contributed by atoms with E-state index in [0.717, 1.165) is 0 Å². The van der Waals surface area contributed by atoms with Crippen LogP contribution in [-0.2, 0) is 7.05 Å². The number of hydrogen-bond acceptors (Lipinski definition) is 2. The fourth-order valence-corrected chi connectivity index (χ4v) is 1.39. The largest absolute Gasteiger partial charge is 0.340 e. The lowest BCUT2D eigenvalue weighted by molar-refractivity contribution is 0.0768. The Balaban J connectivity index is 2.72. The van der Waals surface area contributed by atoms with E-state index in [-0.39, 0.29) is 5.91 Å². The molecule has 0 aliphatic heterocycles. The molecular weight excluding hydrogens is 202 g/mol. The summed E-state index contributed by atoms with van der Waals surface area (Å²) in [4.78, 5) is 17.4. The van der Waals surface area contributed by atoms with Crippen LogP contribution >= 0.6 is 11.6 Å². The van der Waals surface area contributed by atoms with Crippen molar-refractivity contribution in [2.24, 2.45) is 7.05 Å². The van der Waals surface area contributed by atoms with Crippen LogP contribution in [0.5, 0.6) is 0 Å². The minimum Gasteiger partial charge on any atom is -0.340 e. The van der Waals surface area contributed by atoms with E-state index in [9.17, 15) is 4.79 Å². The van der Waals surface area contributed by atoms with Gasteiger partial charge in [0.2, 0.25) is 0 Å². The Kier molecular flexibility index (Phi) is 3.95. The quantitative estimate of drug-likeness (QED) is 0.706. The Morgan fingerprint density at radius 2 is 2.43 bits per heavy atom. The maximum atomic E-state index is 11.8. The highest BCUT2D eigenvalue weighted by Crippen LogP contribution is 2.01. The average Bonchev–Trinajstić information content (AvgIpc) is 2.60. The van der Waals surface area contributed by atoms with E-state index in [2.05, 4.69) is 4.98 Å². The normalized spacial score (nSPS) is 10.2. The molecule has 1 aromatic rings. The van der Waals surface area contributed by atoms with Gasteiger partial charge in [0.15, 0.2) is 0 Å². The molecular formula is C9H14ClN3O. The molecule has 0 saturated carbocycles. The van der Waals surface area contributed by atoms with Crippen LogP contribution in [0.3, 0.4) is 0 Å². The highest BCUT2D eigenvalue weighted by molar-refractivity contribution is 6.18. The first-order valence-electron chi connectivity index (χ1n) is 4.52. The van der Waals surface area contributed by atoms with Crippen molar-refractivity contribution in [3.05, 3.63) is 18.2 Å². The van der Waals surface area contributed by atoms with Crippen LogP contribution in [0.25, 0.3) is 0 Å². The molecule has 1 amide bonds. The summed E-state index contributed by atoms with van der Waals surface area (Å²) >= 11 is 5.59. The molecule has 0 fully saturated rings. The zero-order valence-electron chi connectivity index (χ0n) is 8.40. The SMILES string of the molecule is CCN(CCCl)C(=O)c1cn(C)cn1. The molecule has 0 saturated heterocycles. The Morgan fingerprint density at radius 3 is 2.86 bits per heavy atom. The van der Waals surface area contributed by atoms with Crippen LogP contribution < -0.4 is 0 Å². The monoisotopic (exact) mass is 215 g/mol. The van der Waals surface area contributed by atoms with Crippen LogP contribution in [0.2, 0.25) is 0 Å². The summed E-state index contributed by atoms with van der Waals surface area (Å²) < 4.78 is 1.75. The van der Waals surface area contributed by atoms with Crippen molar-refractivity contribution < 1.29 is 4.79 Å². The molecule has 0 aliphatic rings. The molecule has 4 nitrogen and oxygen atoms in total. The summed E-state index contributed by atoms with van der Waals surface area (Å²) in [5, 5.41) is 0. The summed E-state index contributed by atoms with van der Waals surface area (Å²) in [7, 11) is 1.83. The fourth-order valence-electron chi connectivity index (χ4n) is 1.19. The Hall–Kier alpha value is -1.03. The van der Waals surface area contributed by atoms with Gasteiger partial charge in [-0.25, -0.2) is 4.98 Å². The molecule has 0 bridgehead atoms. The van der Waals surface area contributed by atoms with Crippen molar-refractivity contribution in [3.63, 3.8) is 0 Å². The van der Waals surface area contributed by atoms with Crippen LogP contribution in [0.1, 0.15) is 17.4 Å². The first kappa shape index (κ1) is 11.0. The third-order valence-corrected chi connectivity index (χ3v) is 2.12. The Labute approximate surface area is 88.5 Å². The van der Waals surface area contributed by atoms with Crippen molar-refractivity contribution in [1.82, 2.24) is 14.5 Å². The molecule has 0 N–H and O–H groups in total. The molecule has 0 atom stereocenters. The number of rotatable bonds is 4. The number of aryl methyl sites for hydroxylation is 1. The molecule has 1 rings (SSSR count). The highest BCUT2D eigenvalue weighted by Gasteiger charge is 2.15. The maximum Gasteiger partial charge on any atom is 0.274 e. The number of carbonyl (C=O) groups is 1. The zero-order valence-corrected chi connectivity index (χ0v) is 9.16. The highest BCUT2D eigenvalue weighted by atomic mass is 35.5. The predicted octanol–water partition coefficient (Wildman–Crippen LogP) is 1.12. The van der Waals surface area contributed by atoms with E-state index in [4.69, 9.17) is 11.6 Å². The standard InChI is InChI=1S/C9H14ClN3O/c1-3-13(5-4-10)9(14)8-6-12(2)7-11-8/h6-7H,3-5H2,1-2H3. The second-order valence-corrected chi connectivity index (χ2v) is 3.38. The second kappa shape index (κ2) is 5.00. The van der Waals surface area contributed by atoms with Gasteiger partial charge in [0.25, 0.3) is 5.91 Å². The van der Waals surface area contributed by atoms with Crippen LogP contribution in [0, 0.1) is 0 Å². The van der Waals surface area contributed by atoms with E-state index in [0.29, 0.717) is 24.7 Å². The summed E-state index contributed by atoms with van der Waals surface area (Å²) in [6, 6.07) is 0. The van der Waals surface area contributed by atoms with Gasteiger partial charge in [-0.05, 0) is 6.92 Å². The fraction of sp³-hybridized carbons (Fsp3) is 0.556. The molecule has 14 heavy (non-hydrogen) atoms. The van der Waals surface area contributed by atoms with Gasteiger partial charge in [0.05, 0.1) is 6.33 Å². The van der Waals surface area contributed by atoms with E-state index < -0.39 is 0 Å². The van der Waals surface area contributed by atoms with E-state index in [1.54, 1.807) is 22.0 Å². The van der Waals surface area contributed by atoms with Crippen LogP contribution in [0.4, 0.5) is 0 Å². The molecule has 5 heteroatoms. The van der Waals surface area contributed by atoms with Crippen molar-refractivity contribution in [1.29, 1.82) is 0 Å². The van der Waals surface area contributed by atoms with Crippen molar-refractivity contribution in [2.45, 2.75) is 6.92 Å². The minimum absolute atomic E-state index is 0.0613. The lowest BCUT2D eigenvalue weighted by atomic mass is 10.4. The topological polar surface area (TPSA) is 38.1 Å². The maximum absolute atomic E-state index is 11.8. The van der Waals surface area contributed by atoms with Gasteiger partial charge in [0, 0.05) is 32.2 Å².